The van der Waals surface area contributed by atoms with Crippen LogP contribution in [0.15, 0.2) is 18.2 Å². The van der Waals surface area contributed by atoms with Crippen molar-refractivity contribution >= 4 is 11.9 Å². The normalized spacial score (nSPS) is 16.8. The minimum absolute atomic E-state index is 0.187. The summed E-state index contributed by atoms with van der Waals surface area (Å²) >= 11 is 0. The topological polar surface area (TPSA) is 75.6 Å². The summed E-state index contributed by atoms with van der Waals surface area (Å²) in [4.78, 5) is 23.9. The van der Waals surface area contributed by atoms with Gasteiger partial charge in [-0.05, 0) is 43.5 Å². The van der Waals surface area contributed by atoms with Gasteiger partial charge in [-0.3, -0.25) is 9.59 Å². The number of nitrogens with one attached hydrogen (secondary N) is 1. The molecule has 22 heavy (non-hydrogen) atoms. The molecule has 2 N–H and O–H groups in total. The Hall–Kier alpha value is -2.04. The first-order chi connectivity index (χ1) is 10.5. The Labute approximate surface area is 130 Å². The molecule has 0 atom stereocenters. The highest BCUT2D eigenvalue weighted by atomic mass is 16.5. The number of carbonyl (C=O) groups excluding carboxylic acids is 1. The standard InChI is InChI=1S/C17H23NO4/c1-12-10-13(22-2)6-7-14(12)15(19)18-11-17(16(20)21)8-4-3-5-9-17/h6-7,10H,3-5,8-9,11H2,1-2H3,(H,18,19)(H,20,21). The van der Waals surface area contributed by atoms with E-state index in [0.717, 1.165) is 24.8 Å². The van der Waals surface area contributed by atoms with Crippen LogP contribution in [0.2, 0.25) is 0 Å². The summed E-state index contributed by atoms with van der Waals surface area (Å²) in [6.07, 6.45) is 4.14. The highest BCUT2D eigenvalue weighted by Crippen LogP contribution is 2.36. The zero-order valence-electron chi connectivity index (χ0n) is 13.1. The molecule has 0 unspecified atom stereocenters. The molecule has 1 saturated carbocycles. The van der Waals surface area contributed by atoms with E-state index < -0.39 is 11.4 Å². The van der Waals surface area contributed by atoms with Crippen molar-refractivity contribution < 1.29 is 19.4 Å². The Morgan fingerprint density at radius 1 is 1.27 bits per heavy atom. The number of rotatable bonds is 5. The average Bonchev–Trinajstić information content (AvgIpc) is 2.53. The van der Waals surface area contributed by atoms with Crippen molar-refractivity contribution in [3.8, 4) is 5.75 Å². The van der Waals surface area contributed by atoms with Gasteiger partial charge < -0.3 is 15.2 Å². The summed E-state index contributed by atoms with van der Waals surface area (Å²) in [7, 11) is 1.58. The van der Waals surface area contributed by atoms with Gasteiger partial charge in [0, 0.05) is 12.1 Å². The Kier molecular flexibility index (Phi) is 5.06. The van der Waals surface area contributed by atoms with Gasteiger partial charge in [0.25, 0.3) is 5.91 Å². The number of carbonyl (C=O) groups is 2. The van der Waals surface area contributed by atoms with Crippen LogP contribution in [0.3, 0.4) is 0 Å². The van der Waals surface area contributed by atoms with Crippen molar-refractivity contribution in [2.45, 2.75) is 39.0 Å². The molecule has 5 heteroatoms. The van der Waals surface area contributed by atoms with E-state index in [0.29, 0.717) is 24.2 Å². The molecule has 0 aliphatic heterocycles. The molecule has 1 fully saturated rings. The van der Waals surface area contributed by atoms with Crippen molar-refractivity contribution in [1.29, 1.82) is 0 Å². The van der Waals surface area contributed by atoms with Crippen LogP contribution in [-0.2, 0) is 4.79 Å². The Balaban J connectivity index is 2.06. The highest BCUT2D eigenvalue weighted by molar-refractivity contribution is 5.96. The van der Waals surface area contributed by atoms with Crippen LogP contribution in [0.4, 0.5) is 0 Å². The van der Waals surface area contributed by atoms with Crippen molar-refractivity contribution in [2.24, 2.45) is 5.41 Å². The molecule has 0 aromatic heterocycles. The molecule has 2 rings (SSSR count). The molecule has 0 heterocycles. The van der Waals surface area contributed by atoms with Gasteiger partial charge in [-0.25, -0.2) is 0 Å². The van der Waals surface area contributed by atoms with E-state index in [-0.39, 0.29) is 12.5 Å². The van der Waals surface area contributed by atoms with E-state index >= 15 is 0 Å². The van der Waals surface area contributed by atoms with E-state index in [2.05, 4.69) is 5.32 Å². The van der Waals surface area contributed by atoms with E-state index in [1.165, 1.54) is 0 Å². The number of aliphatic carboxylic acids is 1. The second kappa shape index (κ2) is 6.81. The van der Waals surface area contributed by atoms with Crippen LogP contribution < -0.4 is 10.1 Å². The number of hydrogen-bond donors (Lipinski definition) is 2. The van der Waals surface area contributed by atoms with Gasteiger partial charge in [-0.1, -0.05) is 19.3 Å². The number of aryl methyl sites for hydroxylation is 1. The molecule has 0 spiro atoms. The highest BCUT2D eigenvalue weighted by Gasteiger charge is 2.39. The van der Waals surface area contributed by atoms with Gasteiger partial charge in [-0.15, -0.1) is 0 Å². The predicted octanol–water partition coefficient (Wildman–Crippen LogP) is 2.77. The fourth-order valence-corrected chi connectivity index (χ4v) is 3.06. The molecule has 120 valence electrons. The van der Waals surface area contributed by atoms with Gasteiger partial charge in [0.2, 0.25) is 0 Å². The van der Waals surface area contributed by atoms with Crippen LogP contribution in [0.1, 0.15) is 48.0 Å². The molecule has 1 aliphatic carbocycles. The van der Waals surface area contributed by atoms with Crippen LogP contribution in [0, 0.1) is 12.3 Å². The monoisotopic (exact) mass is 305 g/mol. The summed E-state index contributed by atoms with van der Waals surface area (Å²) in [6.45, 7) is 2.03. The first-order valence-corrected chi connectivity index (χ1v) is 7.65. The Morgan fingerprint density at radius 2 is 1.95 bits per heavy atom. The second-order valence-electron chi connectivity index (χ2n) is 6.01. The molecular weight excluding hydrogens is 282 g/mol. The number of hydrogen-bond acceptors (Lipinski definition) is 3. The second-order valence-corrected chi connectivity index (χ2v) is 6.01. The van der Waals surface area contributed by atoms with Crippen molar-refractivity contribution in [3.63, 3.8) is 0 Å². The van der Waals surface area contributed by atoms with Gasteiger partial charge in [0.1, 0.15) is 5.75 Å². The number of carboxylic acids is 1. The van der Waals surface area contributed by atoms with E-state index in [9.17, 15) is 14.7 Å². The van der Waals surface area contributed by atoms with Crippen LogP contribution >= 0.6 is 0 Å². The SMILES string of the molecule is COc1ccc(C(=O)NCC2(C(=O)O)CCCCC2)c(C)c1. The third-order valence-corrected chi connectivity index (χ3v) is 4.53. The predicted molar refractivity (Wildman–Crippen MR) is 83.2 cm³/mol. The first kappa shape index (κ1) is 16.3. The van der Waals surface area contributed by atoms with Gasteiger partial charge >= 0.3 is 5.97 Å². The number of benzene rings is 1. The summed E-state index contributed by atoms with van der Waals surface area (Å²) in [5.41, 5.74) is 0.552. The molecule has 1 amide bonds. The number of carboxylic acid groups (broad SMARTS) is 1. The minimum Gasteiger partial charge on any atom is -0.497 e. The third kappa shape index (κ3) is 3.40. The molecule has 1 aliphatic rings. The Morgan fingerprint density at radius 3 is 2.50 bits per heavy atom. The maximum atomic E-state index is 12.3. The van der Waals surface area contributed by atoms with E-state index in [1.807, 2.05) is 6.92 Å². The maximum Gasteiger partial charge on any atom is 0.311 e. The van der Waals surface area contributed by atoms with Gasteiger partial charge in [0.15, 0.2) is 0 Å². The zero-order chi connectivity index (χ0) is 16.2. The fraction of sp³-hybridized carbons (Fsp3) is 0.529. The van der Waals surface area contributed by atoms with Crippen molar-refractivity contribution in [1.82, 2.24) is 5.32 Å². The molecule has 0 radical (unpaired) electrons. The van der Waals surface area contributed by atoms with Crippen LogP contribution in [-0.4, -0.2) is 30.6 Å². The number of ether oxygens (including phenoxy) is 1. The molecule has 0 bridgehead atoms. The van der Waals surface area contributed by atoms with Crippen molar-refractivity contribution in [3.05, 3.63) is 29.3 Å². The third-order valence-electron chi connectivity index (χ3n) is 4.53. The lowest BCUT2D eigenvalue weighted by atomic mass is 9.74. The smallest absolute Gasteiger partial charge is 0.311 e. The molecule has 1 aromatic rings. The largest absolute Gasteiger partial charge is 0.497 e. The lowest BCUT2D eigenvalue weighted by molar-refractivity contribution is -0.150. The molecule has 5 nitrogen and oxygen atoms in total. The zero-order valence-corrected chi connectivity index (χ0v) is 13.1. The summed E-state index contributed by atoms with van der Waals surface area (Å²) in [6, 6.07) is 5.23. The molecule has 1 aromatic carbocycles. The van der Waals surface area contributed by atoms with E-state index in [1.54, 1.807) is 25.3 Å². The quantitative estimate of drug-likeness (QED) is 0.877. The van der Waals surface area contributed by atoms with E-state index in [4.69, 9.17) is 4.74 Å². The maximum absolute atomic E-state index is 12.3. The Bertz CT molecular complexity index is 562. The fourth-order valence-electron chi connectivity index (χ4n) is 3.06. The summed E-state index contributed by atoms with van der Waals surface area (Å²) < 4.78 is 5.12. The van der Waals surface area contributed by atoms with Crippen molar-refractivity contribution in [2.75, 3.05) is 13.7 Å². The van der Waals surface area contributed by atoms with Gasteiger partial charge in [0.05, 0.1) is 12.5 Å². The minimum atomic E-state index is -0.811. The van der Waals surface area contributed by atoms with Gasteiger partial charge in [-0.2, -0.15) is 0 Å². The molecular formula is C17H23NO4. The average molecular weight is 305 g/mol. The number of amides is 1. The lowest BCUT2D eigenvalue weighted by Crippen LogP contribution is -2.44. The first-order valence-electron chi connectivity index (χ1n) is 7.65. The lowest BCUT2D eigenvalue weighted by Gasteiger charge is -2.33. The summed E-state index contributed by atoms with van der Waals surface area (Å²) in [5.74, 6) is -0.339. The molecule has 0 saturated heterocycles. The van der Waals surface area contributed by atoms with Crippen LogP contribution in [0.5, 0.6) is 5.75 Å². The summed E-state index contributed by atoms with van der Waals surface area (Å²) in [5, 5.41) is 12.3. The number of methoxy groups -OCH3 is 1. The van der Waals surface area contributed by atoms with Crippen LogP contribution in [0.25, 0.3) is 0 Å².